The lowest BCUT2D eigenvalue weighted by atomic mass is 9.78. The molecule has 0 saturated carbocycles. The van der Waals surface area contributed by atoms with Crippen LogP contribution in [0.3, 0.4) is 0 Å². The Kier molecular flexibility index (Phi) is 8.07. The highest BCUT2D eigenvalue weighted by atomic mass is 32.1. The molecule has 13 rings (SSSR count). The van der Waals surface area contributed by atoms with E-state index in [1.165, 1.54) is 37.2 Å². The molecule has 0 amide bonds. The maximum atomic E-state index is 5.51. The molecule has 6 aromatic carbocycles. The Morgan fingerprint density at radius 2 is 0.968 bits per heavy atom. The molecule has 8 heteroatoms. The van der Waals surface area contributed by atoms with Crippen LogP contribution in [0.25, 0.3) is 109 Å². The number of para-hydroxylation sites is 2. The predicted molar refractivity (Wildman–Crippen MR) is 257 cm³/mol. The van der Waals surface area contributed by atoms with Gasteiger partial charge in [0.05, 0.1) is 26.9 Å². The molecule has 5 aromatic heterocycles. The van der Waals surface area contributed by atoms with E-state index in [0.717, 1.165) is 60.0 Å². The summed E-state index contributed by atoms with van der Waals surface area (Å²) in [6.07, 6.45) is 19.2. The van der Waals surface area contributed by atoms with Crippen molar-refractivity contribution in [3.8, 4) is 45.6 Å². The SMILES string of the molecule is C1=CC2=CC=CC(c3nc(-c4ccc(-c5nc(-c6cnc7ccccc7c6)nc(-c6cnc7ccccc7c6)n5)cc4)nc4c3sc3c5ccccc5c5ccccc5c43)C2C=C1. The van der Waals surface area contributed by atoms with Gasteiger partial charge in [0.15, 0.2) is 23.3 Å². The number of thiophene rings is 1. The molecule has 2 aliphatic carbocycles. The molecule has 0 fully saturated rings. The topological polar surface area (TPSA) is 90.2 Å². The Bertz CT molecular complexity index is 3730. The van der Waals surface area contributed by atoms with Crippen LogP contribution >= 0.6 is 11.3 Å². The van der Waals surface area contributed by atoms with E-state index in [0.29, 0.717) is 23.3 Å². The summed E-state index contributed by atoms with van der Waals surface area (Å²) in [6.45, 7) is 0. The second-order valence-electron chi connectivity index (χ2n) is 16.1. The number of allylic oxidation sites excluding steroid dienone is 8. The van der Waals surface area contributed by atoms with Crippen LogP contribution in [0, 0.1) is 5.92 Å². The van der Waals surface area contributed by atoms with Gasteiger partial charge in [0, 0.05) is 72.7 Å². The van der Waals surface area contributed by atoms with Gasteiger partial charge in [-0.2, -0.15) is 0 Å². The van der Waals surface area contributed by atoms with Crippen LogP contribution in [0.4, 0.5) is 0 Å². The molecule has 0 spiro atoms. The summed E-state index contributed by atoms with van der Waals surface area (Å²) >= 11 is 1.82. The molecule has 11 aromatic rings. The quantitative estimate of drug-likeness (QED) is 0.160. The Balaban J connectivity index is 0.986. The van der Waals surface area contributed by atoms with Crippen molar-refractivity contribution < 1.29 is 0 Å². The van der Waals surface area contributed by atoms with E-state index in [4.69, 9.17) is 34.9 Å². The van der Waals surface area contributed by atoms with Crippen molar-refractivity contribution in [3.05, 3.63) is 200 Å². The van der Waals surface area contributed by atoms with E-state index in [2.05, 4.69) is 140 Å². The molecule has 0 N–H and O–H groups in total. The van der Waals surface area contributed by atoms with Crippen LogP contribution < -0.4 is 0 Å². The number of rotatable bonds is 5. The van der Waals surface area contributed by atoms with Crippen molar-refractivity contribution >= 4 is 75.0 Å². The number of aromatic nitrogens is 7. The highest BCUT2D eigenvalue weighted by molar-refractivity contribution is 7.27. The van der Waals surface area contributed by atoms with Gasteiger partial charge in [0.2, 0.25) is 0 Å². The molecule has 0 saturated heterocycles. The van der Waals surface area contributed by atoms with E-state index in [-0.39, 0.29) is 11.8 Å². The zero-order chi connectivity index (χ0) is 41.4. The van der Waals surface area contributed by atoms with Gasteiger partial charge in [-0.05, 0) is 46.0 Å². The Hall–Kier alpha value is -8.07. The number of hydrogen-bond donors (Lipinski definition) is 0. The third-order valence-electron chi connectivity index (χ3n) is 12.4. The van der Waals surface area contributed by atoms with E-state index < -0.39 is 0 Å². The highest BCUT2D eigenvalue weighted by Gasteiger charge is 2.30. The zero-order valence-corrected chi connectivity index (χ0v) is 34.4. The van der Waals surface area contributed by atoms with Crippen molar-refractivity contribution in [2.45, 2.75) is 5.92 Å². The highest BCUT2D eigenvalue weighted by Crippen LogP contribution is 2.48. The standard InChI is InChI=1S/C55H33N7S/c1-4-16-39-32(12-1)15-11-21-43(39)48-51-49(47-42-19-7-5-17-40(42)41-18-6-8-20-44(41)50(47)63-51)59-52(58-48)33-24-26-34(27-25-33)53-60-54(37-28-35-13-2-9-22-45(35)56-30-37)62-55(61-53)38-29-36-14-3-10-23-46(36)57-31-38/h1-31,39,43H. The molecule has 2 unspecified atom stereocenters. The first-order valence-corrected chi connectivity index (χ1v) is 21.9. The van der Waals surface area contributed by atoms with Crippen LogP contribution in [-0.2, 0) is 0 Å². The van der Waals surface area contributed by atoms with Crippen molar-refractivity contribution in [3.63, 3.8) is 0 Å². The molecule has 2 atom stereocenters. The first-order chi connectivity index (χ1) is 31.2. The fraction of sp³-hybridized carbons (Fsp3) is 0.0364. The largest absolute Gasteiger partial charge is 0.255 e. The maximum Gasteiger partial charge on any atom is 0.165 e. The van der Waals surface area contributed by atoms with E-state index in [1.54, 1.807) is 0 Å². The van der Waals surface area contributed by atoms with E-state index >= 15 is 0 Å². The summed E-state index contributed by atoms with van der Waals surface area (Å²) < 4.78 is 2.36. The minimum atomic E-state index is 0.0385. The lowest BCUT2D eigenvalue weighted by Crippen LogP contribution is -2.16. The van der Waals surface area contributed by atoms with Gasteiger partial charge in [-0.15, -0.1) is 11.3 Å². The Morgan fingerprint density at radius 1 is 0.429 bits per heavy atom. The molecule has 294 valence electrons. The van der Waals surface area contributed by atoms with Gasteiger partial charge in [0.1, 0.15) is 0 Å². The summed E-state index contributed by atoms with van der Waals surface area (Å²) in [5, 5.41) is 8.12. The number of benzene rings is 6. The van der Waals surface area contributed by atoms with Crippen molar-refractivity contribution in [2.24, 2.45) is 5.92 Å². The first kappa shape index (κ1) is 35.7. The molecule has 7 nitrogen and oxygen atoms in total. The van der Waals surface area contributed by atoms with Crippen LogP contribution in [0.2, 0.25) is 0 Å². The van der Waals surface area contributed by atoms with Crippen molar-refractivity contribution in [1.29, 1.82) is 0 Å². The van der Waals surface area contributed by atoms with Gasteiger partial charge in [-0.25, -0.2) is 24.9 Å². The predicted octanol–water partition coefficient (Wildman–Crippen LogP) is 13.4. The number of hydrogen-bond acceptors (Lipinski definition) is 8. The van der Waals surface area contributed by atoms with Crippen LogP contribution in [0.5, 0.6) is 0 Å². The number of pyridine rings is 2. The van der Waals surface area contributed by atoms with Gasteiger partial charge >= 0.3 is 0 Å². The zero-order valence-electron chi connectivity index (χ0n) is 33.6. The average molecular weight is 824 g/mol. The van der Waals surface area contributed by atoms with Crippen molar-refractivity contribution in [2.75, 3.05) is 0 Å². The van der Waals surface area contributed by atoms with Crippen LogP contribution in [0.15, 0.2) is 194 Å². The second-order valence-corrected chi connectivity index (χ2v) is 17.1. The summed E-state index contributed by atoms with van der Waals surface area (Å²) in [4.78, 5) is 35.6. The Morgan fingerprint density at radius 3 is 1.63 bits per heavy atom. The summed E-state index contributed by atoms with van der Waals surface area (Å²) in [6, 6.07) is 46.1. The Labute approximate surface area is 365 Å². The normalized spacial score (nSPS) is 15.8. The number of fused-ring (bicyclic) bond motifs is 11. The smallest absolute Gasteiger partial charge is 0.165 e. The summed E-state index contributed by atoms with van der Waals surface area (Å²) in [5.41, 5.74) is 8.50. The lowest BCUT2D eigenvalue weighted by Gasteiger charge is -2.27. The molecule has 2 aliphatic rings. The summed E-state index contributed by atoms with van der Waals surface area (Å²) in [7, 11) is 0. The lowest BCUT2D eigenvalue weighted by molar-refractivity contribution is 0.658. The number of nitrogens with zero attached hydrogens (tertiary/aromatic N) is 7. The molecule has 0 radical (unpaired) electrons. The van der Waals surface area contributed by atoms with Gasteiger partial charge in [-0.1, -0.05) is 152 Å². The molecular formula is C55H33N7S. The third-order valence-corrected chi connectivity index (χ3v) is 13.6. The van der Waals surface area contributed by atoms with E-state index in [1.807, 2.05) is 60.1 Å². The van der Waals surface area contributed by atoms with Crippen LogP contribution in [0.1, 0.15) is 11.6 Å². The molecule has 5 heterocycles. The fourth-order valence-electron chi connectivity index (χ4n) is 9.30. The third kappa shape index (κ3) is 5.91. The minimum Gasteiger partial charge on any atom is -0.255 e. The average Bonchev–Trinajstić information content (AvgIpc) is 3.76. The molecular weight excluding hydrogens is 791 g/mol. The second kappa shape index (κ2) is 14.3. The minimum absolute atomic E-state index is 0.0385. The van der Waals surface area contributed by atoms with Gasteiger partial charge in [-0.3, -0.25) is 9.97 Å². The first-order valence-electron chi connectivity index (χ1n) is 21.0. The summed E-state index contributed by atoms with van der Waals surface area (Å²) in [5.74, 6) is 2.52. The van der Waals surface area contributed by atoms with Gasteiger partial charge in [0.25, 0.3) is 0 Å². The van der Waals surface area contributed by atoms with E-state index in [9.17, 15) is 0 Å². The monoisotopic (exact) mass is 823 g/mol. The maximum absolute atomic E-state index is 5.51. The fourth-order valence-corrected chi connectivity index (χ4v) is 10.6. The van der Waals surface area contributed by atoms with Crippen molar-refractivity contribution in [1.82, 2.24) is 34.9 Å². The van der Waals surface area contributed by atoms with Gasteiger partial charge < -0.3 is 0 Å². The molecule has 0 bridgehead atoms. The van der Waals surface area contributed by atoms with Crippen LogP contribution in [-0.4, -0.2) is 34.9 Å². The molecule has 63 heavy (non-hydrogen) atoms. The molecule has 0 aliphatic heterocycles.